The summed E-state index contributed by atoms with van der Waals surface area (Å²) in [5, 5.41) is 24.8. The van der Waals surface area contributed by atoms with Crippen molar-refractivity contribution in [2.24, 2.45) is 0 Å². The van der Waals surface area contributed by atoms with Crippen LogP contribution in [-0.2, 0) is 0 Å². The van der Waals surface area contributed by atoms with E-state index < -0.39 is 0 Å². The van der Waals surface area contributed by atoms with Crippen molar-refractivity contribution in [1.29, 1.82) is 0 Å². The lowest BCUT2D eigenvalue weighted by atomic mass is 10.1. The summed E-state index contributed by atoms with van der Waals surface area (Å²) in [7, 11) is 0. The first-order valence-electron chi connectivity index (χ1n) is 6.20. The zero-order valence-corrected chi connectivity index (χ0v) is 10.1. The molecule has 4 N–H and O–H groups in total. The minimum absolute atomic E-state index is 0.0563. The summed E-state index contributed by atoms with van der Waals surface area (Å²) >= 11 is 0. The third kappa shape index (κ3) is 3.13. The van der Waals surface area contributed by atoms with Gasteiger partial charge in [0.1, 0.15) is 11.5 Å². The van der Waals surface area contributed by atoms with E-state index in [2.05, 4.69) is 10.6 Å². The maximum Gasteiger partial charge on any atom is 0.255 e. The van der Waals surface area contributed by atoms with E-state index in [1.165, 1.54) is 18.6 Å². The van der Waals surface area contributed by atoms with Crippen molar-refractivity contribution in [3.05, 3.63) is 23.8 Å². The van der Waals surface area contributed by atoms with Gasteiger partial charge in [0.25, 0.3) is 5.91 Å². The van der Waals surface area contributed by atoms with Crippen LogP contribution >= 0.6 is 0 Å². The van der Waals surface area contributed by atoms with Gasteiger partial charge in [-0.05, 0) is 37.9 Å². The smallest absolute Gasteiger partial charge is 0.255 e. The molecule has 0 unspecified atom stereocenters. The number of amides is 1. The van der Waals surface area contributed by atoms with Gasteiger partial charge >= 0.3 is 0 Å². The third-order valence-electron chi connectivity index (χ3n) is 3.17. The molecule has 0 bridgehead atoms. The normalized spacial score (nSPS) is 18.8. The maximum atomic E-state index is 11.8. The molecule has 1 amide bonds. The quantitative estimate of drug-likeness (QED) is 0.642. The largest absolute Gasteiger partial charge is 0.508 e. The van der Waals surface area contributed by atoms with Crippen molar-refractivity contribution in [1.82, 2.24) is 10.6 Å². The molecule has 1 aromatic rings. The van der Waals surface area contributed by atoms with Crippen molar-refractivity contribution in [2.75, 3.05) is 13.1 Å². The number of hydrogen-bond donors (Lipinski definition) is 4. The molecule has 98 valence electrons. The molecule has 0 aliphatic carbocycles. The second-order valence-corrected chi connectivity index (χ2v) is 4.54. The number of phenols is 2. The number of benzene rings is 1. The average Bonchev–Trinajstić information content (AvgIpc) is 2.81. The highest BCUT2D eigenvalue weighted by Crippen LogP contribution is 2.22. The van der Waals surface area contributed by atoms with Gasteiger partial charge in [0.15, 0.2) is 0 Å². The van der Waals surface area contributed by atoms with E-state index >= 15 is 0 Å². The fourth-order valence-electron chi connectivity index (χ4n) is 2.17. The van der Waals surface area contributed by atoms with E-state index in [-0.39, 0.29) is 23.0 Å². The first-order chi connectivity index (χ1) is 8.66. The Hall–Kier alpha value is -1.75. The van der Waals surface area contributed by atoms with Crippen LogP contribution in [0.3, 0.4) is 0 Å². The second-order valence-electron chi connectivity index (χ2n) is 4.54. The lowest BCUT2D eigenvalue weighted by molar-refractivity contribution is 0.0949. The molecule has 18 heavy (non-hydrogen) atoms. The Bertz CT molecular complexity index is 428. The molecular weight excluding hydrogens is 232 g/mol. The second kappa shape index (κ2) is 5.73. The van der Waals surface area contributed by atoms with Crippen LogP contribution in [0.2, 0.25) is 0 Å². The molecule has 1 fully saturated rings. The van der Waals surface area contributed by atoms with Crippen LogP contribution < -0.4 is 10.6 Å². The van der Waals surface area contributed by atoms with Gasteiger partial charge in [0, 0.05) is 18.7 Å². The molecule has 0 spiro atoms. The van der Waals surface area contributed by atoms with Gasteiger partial charge in [-0.15, -0.1) is 0 Å². The van der Waals surface area contributed by atoms with E-state index in [0.29, 0.717) is 12.6 Å². The molecule has 1 heterocycles. The monoisotopic (exact) mass is 250 g/mol. The topological polar surface area (TPSA) is 81.6 Å². The number of rotatable bonds is 4. The highest BCUT2D eigenvalue weighted by atomic mass is 16.3. The minimum atomic E-state index is -0.314. The molecule has 1 aliphatic rings. The Balaban J connectivity index is 1.83. The lowest BCUT2D eigenvalue weighted by Gasteiger charge is -2.11. The predicted molar refractivity (Wildman–Crippen MR) is 67.7 cm³/mol. The van der Waals surface area contributed by atoms with E-state index in [4.69, 9.17) is 5.11 Å². The van der Waals surface area contributed by atoms with Gasteiger partial charge in [-0.1, -0.05) is 0 Å². The number of carbonyl (C=O) groups excluding carboxylic acids is 1. The maximum absolute atomic E-state index is 11.8. The number of carbonyl (C=O) groups is 1. The van der Waals surface area contributed by atoms with Gasteiger partial charge in [-0.2, -0.15) is 0 Å². The van der Waals surface area contributed by atoms with Gasteiger partial charge in [0.05, 0.1) is 5.56 Å². The zero-order chi connectivity index (χ0) is 13.0. The lowest BCUT2D eigenvalue weighted by Crippen LogP contribution is -2.30. The SMILES string of the molecule is O=C(NCC[C@H]1CCCN1)c1ccc(O)cc1O. The van der Waals surface area contributed by atoms with Crippen LogP contribution in [-0.4, -0.2) is 35.3 Å². The van der Waals surface area contributed by atoms with Gasteiger partial charge < -0.3 is 20.8 Å². The van der Waals surface area contributed by atoms with Gasteiger partial charge in [-0.25, -0.2) is 0 Å². The van der Waals surface area contributed by atoms with Crippen LogP contribution in [0, 0.1) is 0 Å². The molecule has 1 saturated heterocycles. The molecular formula is C13H18N2O3. The number of aromatic hydroxyl groups is 2. The number of nitrogens with one attached hydrogen (secondary N) is 2. The van der Waals surface area contributed by atoms with Crippen LogP contribution in [0.15, 0.2) is 18.2 Å². The molecule has 0 saturated carbocycles. The molecule has 1 aliphatic heterocycles. The van der Waals surface area contributed by atoms with Crippen LogP contribution in [0.1, 0.15) is 29.6 Å². The van der Waals surface area contributed by atoms with E-state index in [1.54, 1.807) is 0 Å². The van der Waals surface area contributed by atoms with Crippen molar-refractivity contribution in [3.8, 4) is 11.5 Å². The van der Waals surface area contributed by atoms with Crippen LogP contribution in [0.5, 0.6) is 11.5 Å². The average molecular weight is 250 g/mol. The summed E-state index contributed by atoms with van der Waals surface area (Å²) in [6, 6.07) is 4.44. The molecule has 0 radical (unpaired) electrons. The van der Waals surface area contributed by atoms with Crippen molar-refractivity contribution < 1.29 is 15.0 Å². The Labute approximate surface area is 106 Å². The fourth-order valence-corrected chi connectivity index (χ4v) is 2.17. The highest BCUT2D eigenvalue weighted by molar-refractivity contribution is 5.96. The summed E-state index contributed by atoms with van der Waals surface area (Å²) in [6.45, 7) is 1.63. The summed E-state index contributed by atoms with van der Waals surface area (Å²) < 4.78 is 0. The van der Waals surface area contributed by atoms with Crippen molar-refractivity contribution >= 4 is 5.91 Å². The Kier molecular flexibility index (Phi) is 4.04. The zero-order valence-electron chi connectivity index (χ0n) is 10.1. The van der Waals surface area contributed by atoms with Gasteiger partial charge in [0.2, 0.25) is 0 Å². The first-order valence-corrected chi connectivity index (χ1v) is 6.20. The van der Waals surface area contributed by atoms with Gasteiger partial charge in [-0.3, -0.25) is 4.79 Å². The Morgan fingerprint density at radius 1 is 1.44 bits per heavy atom. The number of phenolic OH excluding ortho intramolecular Hbond substituents is 2. The Morgan fingerprint density at radius 2 is 2.28 bits per heavy atom. The predicted octanol–water partition coefficient (Wildman–Crippen LogP) is 0.970. The standard InChI is InChI=1S/C13H18N2O3/c16-10-3-4-11(12(17)8-10)13(18)15-7-5-9-2-1-6-14-9/h3-4,8-9,14,16-17H,1-2,5-7H2,(H,15,18)/t9-/m1/s1. The minimum Gasteiger partial charge on any atom is -0.508 e. The summed E-state index contributed by atoms with van der Waals surface area (Å²) in [5.41, 5.74) is 0.187. The molecule has 5 heteroatoms. The van der Waals surface area contributed by atoms with Crippen LogP contribution in [0.4, 0.5) is 0 Å². The van der Waals surface area contributed by atoms with E-state index in [1.807, 2.05) is 0 Å². The summed E-state index contributed by atoms with van der Waals surface area (Å²) in [4.78, 5) is 11.8. The first kappa shape index (κ1) is 12.7. The van der Waals surface area contributed by atoms with E-state index in [9.17, 15) is 9.90 Å². The summed E-state index contributed by atoms with van der Waals surface area (Å²) in [5.74, 6) is -0.573. The van der Waals surface area contributed by atoms with Crippen molar-refractivity contribution in [2.45, 2.75) is 25.3 Å². The van der Waals surface area contributed by atoms with E-state index in [0.717, 1.165) is 25.5 Å². The molecule has 0 aromatic heterocycles. The molecule has 2 rings (SSSR count). The molecule has 1 atom stereocenters. The number of hydrogen-bond acceptors (Lipinski definition) is 4. The third-order valence-corrected chi connectivity index (χ3v) is 3.17. The molecule has 1 aromatic carbocycles. The molecule has 5 nitrogen and oxygen atoms in total. The van der Waals surface area contributed by atoms with Crippen LogP contribution in [0.25, 0.3) is 0 Å². The highest BCUT2D eigenvalue weighted by Gasteiger charge is 2.15. The Morgan fingerprint density at radius 3 is 2.94 bits per heavy atom. The van der Waals surface area contributed by atoms with Crippen molar-refractivity contribution in [3.63, 3.8) is 0 Å². The summed E-state index contributed by atoms with van der Waals surface area (Å²) in [6.07, 6.45) is 3.24. The fraction of sp³-hybridized carbons (Fsp3) is 0.462.